The van der Waals surface area contributed by atoms with Crippen molar-refractivity contribution in [3.8, 4) is 0 Å². The Kier molecular flexibility index (Phi) is 5.93. The second-order valence-electron chi connectivity index (χ2n) is 7.65. The summed E-state index contributed by atoms with van der Waals surface area (Å²) in [6, 6.07) is 17.2. The summed E-state index contributed by atoms with van der Waals surface area (Å²) in [7, 11) is 0. The number of amides is 2. The molecule has 0 aliphatic heterocycles. The van der Waals surface area contributed by atoms with Crippen LogP contribution in [0.15, 0.2) is 71.4 Å². The van der Waals surface area contributed by atoms with Crippen molar-refractivity contribution >= 4 is 11.8 Å². The van der Waals surface area contributed by atoms with Crippen LogP contribution in [0.5, 0.6) is 0 Å². The molecule has 2 amide bonds. The number of rotatable bonds is 8. The number of carbonyl (C=O) groups excluding carboxylic acids is 2. The van der Waals surface area contributed by atoms with Crippen molar-refractivity contribution in [2.75, 3.05) is 6.54 Å². The van der Waals surface area contributed by atoms with Gasteiger partial charge in [0, 0.05) is 25.0 Å². The van der Waals surface area contributed by atoms with Crippen molar-refractivity contribution in [1.82, 2.24) is 14.8 Å². The third kappa shape index (κ3) is 4.95. The molecule has 0 bridgehead atoms. The molecule has 6 nitrogen and oxygen atoms in total. The largest absolute Gasteiger partial charge is 0.464 e. The second-order valence-corrected chi connectivity index (χ2v) is 7.65. The number of benzene rings is 1. The van der Waals surface area contributed by atoms with E-state index in [1.807, 2.05) is 49.4 Å². The van der Waals surface area contributed by atoms with Crippen molar-refractivity contribution in [1.29, 1.82) is 0 Å². The smallest absolute Gasteiger partial charge is 0.256 e. The van der Waals surface area contributed by atoms with E-state index in [0.717, 1.165) is 29.9 Å². The topological polar surface area (TPSA) is 66.7 Å². The maximum Gasteiger partial charge on any atom is 0.256 e. The fourth-order valence-electron chi connectivity index (χ4n) is 3.45. The minimum Gasteiger partial charge on any atom is -0.464 e. The first-order chi connectivity index (χ1) is 14.6. The van der Waals surface area contributed by atoms with Crippen LogP contribution in [0.3, 0.4) is 0 Å². The molecule has 3 aromatic rings. The van der Waals surface area contributed by atoms with Crippen molar-refractivity contribution in [3.63, 3.8) is 0 Å². The molecule has 1 aliphatic rings. The summed E-state index contributed by atoms with van der Waals surface area (Å²) in [5.41, 5.74) is 1.54. The molecule has 0 saturated heterocycles. The molecule has 4 rings (SSSR count). The maximum atomic E-state index is 13.3. The molecule has 2 heterocycles. The van der Waals surface area contributed by atoms with Gasteiger partial charge in [0.25, 0.3) is 5.91 Å². The Labute approximate surface area is 176 Å². The molecular formula is C24H25N3O3. The van der Waals surface area contributed by atoms with E-state index >= 15 is 0 Å². The molecule has 6 heteroatoms. The van der Waals surface area contributed by atoms with Gasteiger partial charge in [-0.25, -0.2) is 0 Å². The maximum absolute atomic E-state index is 13.3. The second kappa shape index (κ2) is 8.95. The summed E-state index contributed by atoms with van der Waals surface area (Å²) in [6.07, 6.45) is 5.04. The lowest BCUT2D eigenvalue weighted by molar-refractivity contribution is -0.133. The van der Waals surface area contributed by atoms with E-state index in [-0.39, 0.29) is 24.4 Å². The molecule has 0 radical (unpaired) electrons. The van der Waals surface area contributed by atoms with Crippen LogP contribution in [0.4, 0.5) is 0 Å². The van der Waals surface area contributed by atoms with Crippen molar-refractivity contribution in [3.05, 3.63) is 89.6 Å². The zero-order valence-electron chi connectivity index (χ0n) is 17.0. The highest BCUT2D eigenvalue weighted by molar-refractivity contribution is 5.96. The van der Waals surface area contributed by atoms with Crippen LogP contribution in [0.2, 0.25) is 0 Å². The highest BCUT2D eigenvalue weighted by atomic mass is 16.3. The number of furan rings is 1. The van der Waals surface area contributed by atoms with Gasteiger partial charge in [-0.05, 0) is 49.6 Å². The highest BCUT2D eigenvalue weighted by Crippen LogP contribution is 2.28. The van der Waals surface area contributed by atoms with Crippen LogP contribution in [0.25, 0.3) is 0 Å². The minimum atomic E-state index is -0.146. The van der Waals surface area contributed by atoms with Gasteiger partial charge < -0.3 is 14.2 Å². The Hall–Kier alpha value is -3.41. The van der Waals surface area contributed by atoms with Gasteiger partial charge in [0.2, 0.25) is 5.91 Å². The normalized spacial score (nSPS) is 13.1. The van der Waals surface area contributed by atoms with E-state index in [1.165, 1.54) is 0 Å². The average molecular weight is 403 g/mol. The number of aryl methyl sites for hydroxylation is 1. The Morgan fingerprint density at radius 2 is 1.83 bits per heavy atom. The number of pyridine rings is 1. The van der Waals surface area contributed by atoms with Crippen LogP contribution in [0, 0.1) is 6.92 Å². The molecule has 0 N–H and O–H groups in total. The van der Waals surface area contributed by atoms with Gasteiger partial charge in [-0.2, -0.15) is 0 Å². The number of aromatic nitrogens is 1. The predicted molar refractivity (Wildman–Crippen MR) is 112 cm³/mol. The van der Waals surface area contributed by atoms with E-state index in [2.05, 4.69) is 4.98 Å². The van der Waals surface area contributed by atoms with Gasteiger partial charge in [0.1, 0.15) is 18.1 Å². The molecule has 0 spiro atoms. The lowest BCUT2D eigenvalue weighted by Gasteiger charge is -2.27. The summed E-state index contributed by atoms with van der Waals surface area (Å²) in [5.74, 6) is 1.29. The average Bonchev–Trinajstić information content (AvgIpc) is 3.53. The van der Waals surface area contributed by atoms with Crippen LogP contribution in [0.1, 0.15) is 40.3 Å². The van der Waals surface area contributed by atoms with Crippen molar-refractivity contribution in [2.45, 2.75) is 38.9 Å². The van der Waals surface area contributed by atoms with Crippen LogP contribution < -0.4 is 0 Å². The van der Waals surface area contributed by atoms with Crippen molar-refractivity contribution < 1.29 is 14.0 Å². The Bertz CT molecular complexity index is 997. The van der Waals surface area contributed by atoms with Gasteiger partial charge in [-0.3, -0.25) is 14.6 Å². The van der Waals surface area contributed by atoms with Gasteiger partial charge in [-0.15, -0.1) is 0 Å². The van der Waals surface area contributed by atoms with Crippen LogP contribution in [-0.4, -0.2) is 39.2 Å². The predicted octanol–water partition coefficient (Wildman–Crippen LogP) is 3.82. The van der Waals surface area contributed by atoms with E-state index < -0.39 is 0 Å². The molecular weight excluding hydrogens is 378 g/mol. The fraction of sp³-hybridized carbons (Fsp3) is 0.292. The lowest BCUT2D eigenvalue weighted by Crippen LogP contribution is -2.43. The van der Waals surface area contributed by atoms with E-state index in [4.69, 9.17) is 4.42 Å². The van der Waals surface area contributed by atoms with Gasteiger partial charge in [-0.1, -0.05) is 30.3 Å². The van der Waals surface area contributed by atoms with Crippen LogP contribution in [-0.2, 0) is 17.9 Å². The Morgan fingerprint density at radius 3 is 2.47 bits per heavy atom. The third-order valence-corrected chi connectivity index (χ3v) is 5.17. The lowest BCUT2D eigenvalue weighted by atomic mass is 10.2. The highest BCUT2D eigenvalue weighted by Gasteiger charge is 2.35. The van der Waals surface area contributed by atoms with Crippen LogP contribution >= 0.6 is 0 Å². The summed E-state index contributed by atoms with van der Waals surface area (Å²) in [6.45, 7) is 2.75. The molecule has 1 aliphatic carbocycles. The monoisotopic (exact) mass is 403 g/mol. The Balaban J connectivity index is 1.52. The number of hydrogen-bond donors (Lipinski definition) is 0. The zero-order chi connectivity index (χ0) is 20.9. The summed E-state index contributed by atoms with van der Waals surface area (Å²) in [5, 5.41) is 0. The number of nitrogens with zero attached hydrogens (tertiary/aromatic N) is 3. The Morgan fingerprint density at radius 1 is 1.03 bits per heavy atom. The van der Waals surface area contributed by atoms with Gasteiger partial charge in [0.15, 0.2) is 0 Å². The molecule has 154 valence electrons. The van der Waals surface area contributed by atoms with E-state index in [1.54, 1.807) is 34.3 Å². The molecule has 1 fully saturated rings. The van der Waals surface area contributed by atoms with Gasteiger partial charge in [0.05, 0.1) is 12.1 Å². The molecule has 0 atom stereocenters. The first kappa shape index (κ1) is 19.9. The number of hydrogen-bond acceptors (Lipinski definition) is 4. The summed E-state index contributed by atoms with van der Waals surface area (Å²) >= 11 is 0. The minimum absolute atomic E-state index is 0.0465. The SMILES string of the molecule is Cc1ccc(CN(Cc2ccccc2)C(=O)CN(C(=O)c2cccnc2)C2CC2)o1. The van der Waals surface area contributed by atoms with E-state index in [0.29, 0.717) is 18.7 Å². The molecule has 30 heavy (non-hydrogen) atoms. The standard InChI is InChI=1S/C24H25N3O3/c1-18-9-12-22(30-18)16-26(15-19-6-3-2-4-7-19)23(28)17-27(21-10-11-21)24(29)20-8-5-13-25-14-20/h2-9,12-14,21H,10-11,15-17H2,1H3. The zero-order valence-corrected chi connectivity index (χ0v) is 17.0. The van der Waals surface area contributed by atoms with Crippen molar-refractivity contribution in [2.24, 2.45) is 0 Å². The first-order valence-electron chi connectivity index (χ1n) is 10.2. The molecule has 0 unspecified atom stereocenters. The summed E-state index contributed by atoms with van der Waals surface area (Å²) in [4.78, 5) is 33.8. The quantitative estimate of drug-likeness (QED) is 0.574. The fourth-order valence-corrected chi connectivity index (χ4v) is 3.45. The van der Waals surface area contributed by atoms with E-state index in [9.17, 15) is 9.59 Å². The number of carbonyl (C=O) groups is 2. The third-order valence-electron chi connectivity index (χ3n) is 5.17. The van der Waals surface area contributed by atoms with Gasteiger partial charge >= 0.3 is 0 Å². The molecule has 1 aromatic carbocycles. The molecule has 1 saturated carbocycles. The summed E-state index contributed by atoms with van der Waals surface area (Å²) < 4.78 is 5.70. The molecule has 2 aromatic heterocycles. The first-order valence-corrected chi connectivity index (χ1v) is 10.2.